The Hall–Kier alpha value is -4.97. The number of aromatic nitrogens is 2. The minimum absolute atomic E-state index is 0. The van der Waals surface area contributed by atoms with Crippen LogP contribution in [0.4, 0.5) is 0 Å². The Balaban J connectivity index is 0.000000211. The second kappa shape index (κ2) is 11.5. The number of hydrogen-bond acceptors (Lipinski definition) is 3. The van der Waals surface area contributed by atoms with Crippen LogP contribution in [0.3, 0.4) is 0 Å². The summed E-state index contributed by atoms with van der Waals surface area (Å²) in [4.78, 5) is 4.22. The van der Waals surface area contributed by atoms with Crippen molar-refractivity contribution >= 4 is 53.6 Å². The molecule has 6 aromatic carbocycles. The first-order valence-electron chi connectivity index (χ1n) is 14.1. The van der Waals surface area contributed by atoms with Crippen molar-refractivity contribution in [3.05, 3.63) is 156 Å². The largest absolute Gasteiger partial charge is 2.00 e. The fraction of sp³-hybridized carbons (Fsp3) is 0. The maximum atomic E-state index is 12.2. The molecule has 0 spiro atoms. The van der Waals surface area contributed by atoms with E-state index in [0.29, 0.717) is 16.1 Å². The van der Waals surface area contributed by atoms with Gasteiger partial charge in [0.1, 0.15) is 0 Å². The molecular weight excluding hydrogens is 760 g/mol. The molecule has 3 heterocycles. The summed E-state index contributed by atoms with van der Waals surface area (Å²) in [5, 5.41) is 6.40. The summed E-state index contributed by atoms with van der Waals surface area (Å²) in [5.41, 5.74) is 5.24. The van der Waals surface area contributed by atoms with E-state index in [4.69, 9.17) is 0 Å². The molecule has 0 saturated heterocycles. The van der Waals surface area contributed by atoms with Crippen LogP contribution >= 0.6 is 0 Å². The van der Waals surface area contributed by atoms with Gasteiger partial charge in [-0.1, -0.05) is 60.0 Å². The molecule has 0 unspecified atom stereocenters. The molecule has 1 aliphatic rings. The minimum Gasteiger partial charge on any atom is -0.309 e. The number of para-hydroxylation sites is 2. The Bertz CT molecular complexity index is 2530. The van der Waals surface area contributed by atoms with Crippen molar-refractivity contribution in [3.8, 4) is 16.9 Å². The summed E-state index contributed by atoms with van der Waals surface area (Å²) in [6, 6.07) is 48.4. The molecule has 45 heavy (non-hydrogen) atoms. The molecule has 0 radical (unpaired) electrons. The van der Waals surface area contributed by atoms with Crippen molar-refractivity contribution in [2.75, 3.05) is 0 Å². The van der Waals surface area contributed by atoms with E-state index in [9.17, 15) is 8.42 Å². The van der Waals surface area contributed by atoms with Crippen LogP contribution in [0.5, 0.6) is 0 Å². The summed E-state index contributed by atoms with van der Waals surface area (Å²) < 4.78 is 34.4. The molecule has 8 heteroatoms. The van der Waals surface area contributed by atoms with Crippen LogP contribution < -0.4 is 10.7 Å². The van der Waals surface area contributed by atoms with Gasteiger partial charge >= 0.3 is 31.3 Å². The number of rotatable bonds is 2. The molecule has 0 saturated carbocycles. The molecule has 0 amide bonds. The molecule has 0 atom stereocenters. The van der Waals surface area contributed by atoms with Crippen molar-refractivity contribution in [2.24, 2.45) is 8.80 Å². The number of benzene rings is 6. The van der Waals surface area contributed by atoms with Crippen molar-refractivity contribution in [1.82, 2.24) is 9.55 Å². The fourth-order valence-electron chi connectivity index (χ4n) is 5.91. The van der Waals surface area contributed by atoms with Crippen LogP contribution in [-0.4, -0.2) is 18.0 Å². The van der Waals surface area contributed by atoms with Crippen LogP contribution in [-0.2, 0) is 31.3 Å². The molecule has 0 fully saturated rings. The molecule has 9 rings (SSSR count). The van der Waals surface area contributed by atoms with Crippen molar-refractivity contribution in [2.45, 2.75) is 0 Å². The van der Waals surface area contributed by atoms with E-state index in [0.717, 1.165) is 44.1 Å². The Kier molecular flexibility index (Phi) is 7.36. The third kappa shape index (κ3) is 5.04. The number of pyridine rings is 1. The monoisotopic (exact) mass is 781 g/mol. The zero-order chi connectivity index (χ0) is 29.7. The summed E-state index contributed by atoms with van der Waals surface area (Å²) in [7, 11) is -3.87. The SMILES string of the molecule is O=S1(=O)N=c2c(c3ccc(-n4c5ccccc5c5ccccc54)cc3c3ccc[c-]c23)=N1.[Pt+2].[c-]1ccccc1-c1ccccn1. The first kappa shape index (κ1) is 28.8. The Morgan fingerprint density at radius 1 is 0.578 bits per heavy atom. The number of nitrogens with zero attached hydrogens (tertiary/aromatic N) is 4. The average molecular weight is 782 g/mol. The fourth-order valence-corrected chi connectivity index (χ4v) is 6.78. The van der Waals surface area contributed by atoms with E-state index in [1.165, 1.54) is 10.8 Å². The third-order valence-electron chi connectivity index (χ3n) is 7.77. The van der Waals surface area contributed by atoms with E-state index in [-0.39, 0.29) is 21.1 Å². The van der Waals surface area contributed by atoms with Gasteiger partial charge in [-0.25, -0.2) is 0 Å². The van der Waals surface area contributed by atoms with E-state index in [1.807, 2.05) is 78.9 Å². The third-order valence-corrected chi connectivity index (χ3v) is 8.59. The van der Waals surface area contributed by atoms with Gasteiger partial charge in [0.15, 0.2) is 0 Å². The van der Waals surface area contributed by atoms with Gasteiger partial charge in [-0.05, 0) is 46.8 Å². The minimum atomic E-state index is -3.87. The molecule has 1 aliphatic heterocycles. The Morgan fingerprint density at radius 2 is 1.24 bits per heavy atom. The Labute approximate surface area is 273 Å². The smallest absolute Gasteiger partial charge is 0.309 e. The van der Waals surface area contributed by atoms with Crippen molar-refractivity contribution < 1.29 is 29.5 Å². The van der Waals surface area contributed by atoms with E-state index in [2.05, 4.69) is 72.9 Å². The normalized spacial score (nSPS) is 13.0. The van der Waals surface area contributed by atoms with Gasteiger partial charge < -0.3 is 9.55 Å². The van der Waals surface area contributed by atoms with Gasteiger partial charge in [-0.2, -0.15) is 17.2 Å². The van der Waals surface area contributed by atoms with Gasteiger partial charge in [0.05, 0.1) is 16.4 Å². The second-order valence-corrected chi connectivity index (χ2v) is 11.6. The first-order valence-corrected chi connectivity index (χ1v) is 15.4. The quantitative estimate of drug-likeness (QED) is 0.141. The van der Waals surface area contributed by atoms with Gasteiger partial charge in [0.25, 0.3) is 0 Å². The van der Waals surface area contributed by atoms with Crippen LogP contribution in [0.2, 0.25) is 0 Å². The summed E-state index contributed by atoms with van der Waals surface area (Å²) in [6.45, 7) is 0. The zero-order valence-electron chi connectivity index (χ0n) is 23.5. The molecule has 2 aromatic heterocycles. The molecular formula is C37H22N4O2PtS. The summed E-state index contributed by atoms with van der Waals surface area (Å²) >= 11 is 0. The zero-order valence-corrected chi connectivity index (χ0v) is 26.6. The molecule has 0 aliphatic carbocycles. The Morgan fingerprint density at radius 3 is 1.96 bits per heavy atom. The summed E-state index contributed by atoms with van der Waals surface area (Å²) in [5.74, 6) is 0. The topological polar surface area (TPSA) is 76.7 Å². The molecule has 0 N–H and O–H groups in total. The standard InChI is InChI=1S/C26H14N3O2S.C11H8N.Pt/c30-32(31)27-25-20-10-2-1-7-17(20)22-15-16(13-14-21(22)26(25)28-32)29-23-11-5-3-8-18(23)19-9-4-6-12-24(19)29;1-2-6-10(7-3-1)11-8-4-5-9-12-11;/h1-9,11-15H;1-6,8-9H;/q2*-1;+2. The predicted molar refractivity (Wildman–Crippen MR) is 174 cm³/mol. The molecule has 8 aromatic rings. The number of hydrogen-bond donors (Lipinski definition) is 0. The van der Waals surface area contributed by atoms with Gasteiger partial charge in [-0.3, -0.25) is 0 Å². The maximum Gasteiger partial charge on any atom is 2.00 e. The number of fused-ring (bicyclic) bond motifs is 9. The van der Waals surface area contributed by atoms with E-state index in [1.54, 1.807) is 12.3 Å². The van der Waals surface area contributed by atoms with Crippen LogP contribution in [0, 0.1) is 12.1 Å². The van der Waals surface area contributed by atoms with Crippen LogP contribution in [0.25, 0.3) is 60.3 Å². The molecule has 0 bridgehead atoms. The second-order valence-electron chi connectivity index (χ2n) is 10.4. The first-order chi connectivity index (χ1) is 21.6. The predicted octanol–water partition coefficient (Wildman–Crippen LogP) is 6.93. The van der Waals surface area contributed by atoms with Gasteiger partial charge in [-0.15, -0.1) is 65.5 Å². The van der Waals surface area contributed by atoms with Crippen molar-refractivity contribution in [1.29, 1.82) is 0 Å². The molecule has 218 valence electrons. The van der Waals surface area contributed by atoms with Crippen LogP contribution in [0.1, 0.15) is 0 Å². The van der Waals surface area contributed by atoms with Crippen molar-refractivity contribution in [3.63, 3.8) is 0 Å². The van der Waals surface area contributed by atoms with E-state index >= 15 is 0 Å². The van der Waals surface area contributed by atoms with Gasteiger partial charge in [0, 0.05) is 28.0 Å². The van der Waals surface area contributed by atoms with E-state index < -0.39 is 10.2 Å². The van der Waals surface area contributed by atoms with Gasteiger partial charge in [0.2, 0.25) is 0 Å². The summed E-state index contributed by atoms with van der Waals surface area (Å²) in [6.07, 6.45) is 1.79. The van der Waals surface area contributed by atoms with Crippen LogP contribution in [0.15, 0.2) is 142 Å². The maximum absolute atomic E-state index is 12.2. The average Bonchev–Trinajstić information content (AvgIpc) is 3.60. The molecule has 6 nitrogen and oxygen atoms in total.